The molecule has 0 aromatic rings. The van der Waals surface area contributed by atoms with Crippen LogP contribution in [0.2, 0.25) is 0 Å². The van der Waals surface area contributed by atoms with Crippen molar-refractivity contribution in [2.75, 3.05) is 7.05 Å². The minimum Gasteiger partial charge on any atom is -0.300 e. The molecule has 3 heteroatoms. The zero-order chi connectivity index (χ0) is 10.7. The molecule has 1 rings (SSSR count). The lowest BCUT2D eigenvalue weighted by Gasteiger charge is -2.24. The van der Waals surface area contributed by atoms with Crippen molar-refractivity contribution >= 4 is 28.8 Å². The second-order valence-electron chi connectivity index (χ2n) is 3.30. The minimum absolute atomic E-state index is 0.0226. The molecule has 14 heavy (non-hydrogen) atoms. The van der Waals surface area contributed by atoms with E-state index in [1.807, 2.05) is 6.92 Å². The van der Waals surface area contributed by atoms with E-state index in [2.05, 4.69) is 34.2 Å². The Morgan fingerprint density at radius 1 is 1.64 bits per heavy atom. The molecule has 76 valence electrons. The Hall–Kier alpha value is -0.450. The highest BCUT2D eigenvalue weighted by Crippen LogP contribution is 2.35. The summed E-state index contributed by atoms with van der Waals surface area (Å²) < 4.78 is 14.3. The van der Waals surface area contributed by atoms with E-state index in [4.69, 9.17) is 0 Å². The fraction of sp³-hybridized carbons (Fsp3) is 0.364. The van der Waals surface area contributed by atoms with Gasteiger partial charge in [-0.15, -0.1) is 0 Å². The number of halogens is 2. The summed E-state index contributed by atoms with van der Waals surface area (Å²) in [5, 5.41) is 0. The molecule has 0 N–H and O–H groups in total. The second-order valence-corrected chi connectivity index (χ2v) is 4.60. The lowest BCUT2D eigenvalue weighted by Crippen LogP contribution is -2.19. The first-order chi connectivity index (χ1) is 6.57. The van der Waals surface area contributed by atoms with Crippen LogP contribution in [0.3, 0.4) is 0 Å². The van der Waals surface area contributed by atoms with Crippen LogP contribution >= 0.6 is 22.6 Å². The van der Waals surface area contributed by atoms with Crippen molar-refractivity contribution in [2.45, 2.75) is 6.92 Å². The number of allylic oxidation sites excluding steroid dienone is 5. The molecule has 0 aromatic heterocycles. The Bertz CT molecular complexity index is 328. The lowest BCUT2D eigenvalue weighted by atomic mass is 9.83. The predicted molar refractivity (Wildman–Crippen MR) is 67.5 cm³/mol. The van der Waals surface area contributed by atoms with Crippen LogP contribution in [-0.2, 0) is 0 Å². The van der Waals surface area contributed by atoms with Crippen molar-refractivity contribution in [3.05, 3.63) is 33.7 Å². The molecule has 1 aliphatic carbocycles. The fourth-order valence-corrected chi connectivity index (χ4v) is 2.05. The SMILES string of the molecule is C=C(I)C1=CC=C(F)C(C)C1C=NC. The van der Waals surface area contributed by atoms with Crippen LogP contribution in [0.1, 0.15) is 6.92 Å². The molecule has 0 heterocycles. The van der Waals surface area contributed by atoms with Crippen molar-refractivity contribution in [1.29, 1.82) is 0 Å². The van der Waals surface area contributed by atoms with E-state index in [1.54, 1.807) is 19.3 Å². The van der Waals surface area contributed by atoms with E-state index >= 15 is 0 Å². The summed E-state index contributed by atoms with van der Waals surface area (Å²) in [6, 6.07) is 0. The van der Waals surface area contributed by atoms with E-state index in [-0.39, 0.29) is 17.7 Å². The summed E-state index contributed by atoms with van der Waals surface area (Å²) in [5.74, 6) is -0.198. The monoisotopic (exact) mass is 305 g/mol. The number of rotatable bonds is 2. The van der Waals surface area contributed by atoms with Crippen molar-refractivity contribution in [3.63, 3.8) is 0 Å². The summed E-state index contributed by atoms with van der Waals surface area (Å²) in [4.78, 5) is 3.97. The van der Waals surface area contributed by atoms with E-state index in [9.17, 15) is 4.39 Å². The first kappa shape index (κ1) is 11.6. The van der Waals surface area contributed by atoms with E-state index in [0.717, 1.165) is 9.15 Å². The van der Waals surface area contributed by atoms with Crippen LogP contribution in [0.5, 0.6) is 0 Å². The van der Waals surface area contributed by atoms with Gasteiger partial charge in [-0.1, -0.05) is 19.6 Å². The van der Waals surface area contributed by atoms with Gasteiger partial charge < -0.3 is 4.99 Å². The van der Waals surface area contributed by atoms with Gasteiger partial charge >= 0.3 is 0 Å². The van der Waals surface area contributed by atoms with Crippen LogP contribution in [0.15, 0.2) is 38.7 Å². The second kappa shape index (κ2) is 4.87. The average Bonchev–Trinajstić information content (AvgIpc) is 2.13. The van der Waals surface area contributed by atoms with Crippen molar-refractivity contribution < 1.29 is 4.39 Å². The van der Waals surface area contributed by atoms with Crippen LogP contribution in [-0.4, -0.2) is 13.3 Å². The third kappa shape index (κ3) is 2.32. The molecule has 0 fully saturated rings. The summed E-state index contributed by atoms with van der Waals surface area (Å²) >= 11 is 2.16. The molecule has 0 radical (unpaired) electrons. The third-order valence-corrected chi connectivity index (χ3v) is 3.00. The van der Waals surface area contributed by atoms with Crippen LogP contribution < -0.4 is 0 Å². The minimum atomic E-state index is -0.134. The molecule has 1 nitrogen and oxygen atoms in total. The van der Waals surface area contributed by atoms with E-state index in [1.165, 1.54) is 6.08 Å². The molecule has 0 saturated carbocycles. The van der Waals surface area contributed by atoms with Gasteiger partial charge in [0.25, 0.3) is 0 Å². The van der Waals surface area contributed by atoms with Gasteiger partial charge in [-0.25, -0.2) is 4.39 Å². The normalized spacial score (nSPS) is 27.4. The van der Waals surface area contributed by atoms with Gasteiger partial charge in [0.15, 0.2) is 0 Å². The van der Waals surface area contributed by atoms with Crippen LogP contribution in [0.25, 0.3) is 0 Å². The van der Waals surface area contributed by atoms with Crippen molar-refractivity contribution in [2.24, 2.45) is 16.8 Å². The van der Waals surface area contributed by atoms with Gasteiger partial charge in [-0.2, -0.15) is 0 Å². The zero-order valence-electron chi connectivity index (χ0n) is 8.30. The number of hydrogen-bond acceptors (Lipinski definition) is 1. The van der Waals surface area contributed by atoms with Gasteiger partial charge in [0.05, 0.1) is 0 Å². The first-order valence-electron chi connectivity index (χ1n) is 4.42. The Morgan fingerprint density at radius 3 is 2.79 bits per heavy atom. The summed E-state index contributed by atoms with van der Waals surface area (Å²) in [6.07, 6.45) is 5.09. The number of hydrogen-bond donors (Lipinski definition) is 0. The van der Waals surface area contributed by atoms with Gasteiger partial charge in [0, 0.05) is 28.7 Å². The molecular weight excluding hydrogens is 292 g/mol. The molecule has 2 atom stereocenters. The maximum atomic E-state index is 13.3. The van der Waals surface area contributed by atoms with E-state index < -0.39 is 0 Å². The largest absolute Gasteiger partial charge is 0.300 e. The molecule has 2 unspecified atom stereocenters. The molecule has 0 aromatic carbocycles. The summed E-state index contributed by atoms with van der Waals surface area (Å²) in [7, 11) is 1.70. The number of aliphatic imine (C=N–C) groups is 1. The van der Waals surface area contributed by atoms with Gasteiger partial charge in [-0.3, -0.25) is 0 Å². The highest BCUT2D eigenvalue weighted by Gasteiger charge is 2.26. The highest BCUT2D eigenvalue weighted by molar-refractivity contribution is 14.1. The Morgan fingerprint density at radius 2 is 2.29 bits per heavy atom. The number of nitrogens with zero attached hydrogens (tertiary/aromatic N) is 1. The molecular formula is C11H13FIN. The Balaban J connectivity index is 3.06. The molecule has 0 saturated heterocycles. The van der Waals surface area contributed by atoms with E-state index in [0.29, 0.717) is 0 Å². The molecule has 0 bridgehead atoms. The molecule has 0 aliphatic heterocycles. The zero-order valence-corrected chi connectivity index (χ0v) is 10.5. The topological polar surface area (TPSA) is 12.4 Å². The van der Waals surface area contributed by atoms with Crippen molar-refractivity contribution in [1.82, 2.24) is 0 Å². The van der Waals surface area contributed by atoms with Gasteiger partial charge in [-0.05, 0) is 34.2 Å². The Kier molecular flexibility index (Phi) is 4.04. The average molecular weight is 305 g/mol. The van der Waals surface area contributed by atoms with Crippen LogP contribution in [0, 0.1) is 11.8 Å². The Labute approximate surface area is 97.6 Å². The van der Waals surface area contributed by atoms with Gasteiger partial charge in [0.1, 0.15) is 5.83 Å². The van der Waals surface area contributed by atoms with Gasteiger partial charge in [0.2, 0.25) is 0 Å². The lowest BCUT2D eigenvalue weighted by molar-refractivity contribution is 0.449. The fourth-order valence-electron chi connectivity index (χ4n) is 1.51. The maximum Gasteiger partial charge on any atom is 0.104 e. The molecule has 1 aliphatic rings. The summed E-state index contributed by atoms with van der Waals surface area (Å²) in [5.41, 5.74) is 1.06. The summed E-state index contributed by atoms with van der Waals surface area (Å²) in [6.45, 7) is 5.74. The maximum absolute atomic E-state index is 13.3. The molecule has 0 amide bonds. The third-order valence-electron chi connectivity index (χ3n) is 2.38. The molecule has 0 spiro atoms. The smallest absolute Gasteiger partial charge is 0.104 e. The first-order valence-corrected chi connectivity index (χ1v) is 5.50. The van der Waals surface area contributed by atoms with Crippen LogP contribution in [0.4, 0.5) is 4.39 Å². The predicted octanol–water partition coefficient (Wildman–Crippen LogP) is 3.68. The highest BCUT2D eigenvalue weighted by atomic mass is 127. The quantitative estimate of drug-likeness (QED) is 0.545. The standard InChI is InChI=1S/C11H13FIN/c1-7-10(6-14-3)9(8(2)13)4-5-11(7)12/h4-7,10H,2H2,1,3H3. The van der Waals surface area contributed by atoms with Crippen molar-refractivity contribution in [3.8, 4) is 0 Å².